The zero-order valence-corrected chi connectivity index (χ0v) is 29.3. The fourth-order valence-corrected chi connectivity index (χ4v) is 10.4. The predicted octanol–water partition coefficient (Wildman–Crippen LogP) is 8.75. The molecule has 0 aromatic heterocycles. The van der Waals surface area contributed by atoms with Crippen molar-refractivity contribution >= 4 is 17.5 Å². The molecule has 3 saturated carbocycles. The quantitative estimate of drug-likeness (QED) is 0.165. The molecule has 0 radical (unpaired) electrons. The SMILES string of the molecule is CC1=C(/C=C/C(C)=C/C=C/C(C)=C/C(=O)OCC(=O)[C@H]2CC[C@H]3[C@@H]4CCC5=CC(=O)CC[C@]5(C)[C@H]4[C@@H](O)C[C@]23C)C(C)(C)CCC1. The lowest BCUT2D eigenvalue weighted by molar-refractivity contribution is -0.152. The van der Waals surface area contributed by atoms with Crippen molar-refractivity contribution in [2.45, 2.75) is 119 Å². The van der Waals surface area contributed by atoms with Gasteiger partial charge < -0.3 is 9.84 Å². The summed E-state index contributed by atoms with van der Waals surface area (Å²) in [5, 5.41) is 11.6. The minimum absolute atomic E-state index is 0.0340. The Morgan fingerprint density at radius 3 is 2.50 bits per heavy atom. The van der Waals surface area contributed by atoms with Crippen molar-refractivity contribution in [2.75, 3.05) is 6.61 Å². The number of aliphatic hydroxyl groups is 1. The van der Waals surface area contributed by atoms with Crippen LogP contribution in [0.5, 0.6) is 0 Å². The fraction of sp³-hybridized carbons (Fsp3) is 0.634. The van der Waals surface area contributed by atoms with Gasteiger partial charge in [0.25, 0.3) is 0 Å². The highest BCUT2D eigenvalue weighted by atomic mass is 16.5. The maximum absolute atomic E-state index is 13.5. The molecule has 0 bridgehead atoms. The van der Waals surface area contributed by atoms with E-state index in [4.69, 9.17) is 4.74 Å². The number of Topliss-reactive ketones (excluding diaryl/α,β-unsaturated/α-hetero) is 1. The lowest BCUT2D eigenvalue weighted by Crippen LogP contribution is -2.57. The van der Waals surface area contributed by atoms with E-state index >= 15 is 0 Å². The Labute approximate surface area is 277 Å². The van der Waals surface area contributed by atoms with Crippen molar-refractivity contribution in [3.63, 3.8) is 0 Å². The molecule has 0 aromatic rings. The number of rotatable bonds is 8. The minimum atomic E-state index is -0.507. The Morgan fingerprint density at radius 2 is 1.76 bits per heavy atom. The van der Waals surface area contributed by atoms with E-state index in [9.17, 15) is 19.5 Å². The van der Waals surface area contributed by atoms with Crippen LogP contribution in [0.3, 0.4) is 0 Å². The Balaban J connectivity index is 1.16. The maximum atomic E-state index is 13.5. The molecule has 5 nitrogen and oxygen atoms in total. The van der Waals surface area contributed by atoms with Gasteiger partial charge in [-0.05, 0) is 130 Å². The van der Waals surface area contributed by atoms with Gasteiger partial charge in [-0.2, -0.15) is 0 Å². The normalized spacial score (nSPS) is 36.4. The number of hydrogen-bond donors (Lipinski definition) is 1. The van der Waals surface area contributed by atoms with E-state index in [-0.39, 0.29) is 46.3 Å². The molecule has 46 heavy (non-hydrogen) atoms. The summed E-state index contributed by atoms with van der Waals surface area (Å²) in [6.45, 7) is 15.0. The first-order chi connectivity index (χ1) is 21.7. The Bertz CT molecular complexity index is 1430. The predicted molar refractivity (Wildman–Crippen MR) is 184 cm³/mol. The number of ether oxygens (including phenoxy) is 1. The van der Waals surface area contributed by atoms with E-state index < -0.39 is 12.1 Å². The van der Waals surface area contributed by atoms with Crippen molar-refractivity contribution in [3.05, 3.63) is 70.4 Å². The minimum Gasteiger partial charge on any atom is -0.455 e. The van der Waals surface area contributed by atoms with Gasteiger partial charge in [-0.1, -0.05) is 74.8 Å². The van der Waals surface area contributed by atoms with Crippen LogP contribution in [0.15, 0.2) is 70.4 Å². The molecule has 5 aliphatic rings. The second-order valence-electron chi connectivity index (χ2n) is 16.3. The van der Waals surface area contributed by atoms with Crippen LogP contribution >= 0.6 is 0 Å². The van der Waals surface area contributed by atoms with Crippen LogP contribution in [-0.4, -0.2) is 35.4 Å². The molecule has 0 aliphatic heterocycles. The van der Waals surface area contributed by atoms with Gasteiger partial charge in [0.15, 0.2) is 18.2 Å². The molecular weight excluding hydrogens is 572 g/mol. The lowest BCUT2D eigenvalue weighted by Gasteiger charge is -2.59. The molecule has 1 N–H and O–H groups in total. The van der Waals surface area contributed by atoms with Crippen LogP contribution in [0.25, 0.3) is 0 Å². The summed E-state index contributed by atoms with van der Waals surface area (Å²) in [4.78, 5) is 38.3. The van der Waals surface area contributed by atoms with Gasteiger partial charge in [0.05, 0.1) is 6.10 Å². The second kappa shape index (κ2) is 13.4. The fourth-order valence-electron chi connectivity index (χ4n) is 10.4. The van der Waals surface area contributed by atoms with Crippen molar-refractivity contribution in [1.82, 2.24) is 0 Å². The molecule has 5 heteroatoms. The highest BCUT2D eigenvalue weighted by Gasteiger charge is 2.62. The Hall–Kier alpha value is -2.79. The molecule has 7 atom stereocenters. The van der Waals surface area contributed by atoms with Gasteiger partial charge in [-0.25, -0.2) is 4.79 Å². The molecule has 0 amide bonds. The largest absolute Gasteiger partial charge is 0.455 e. The number of hydrogen-bond acceptors (Lipinski definition) is 5. The molecule has 0 unspecified atom stereocenters. The van der Waals surface area contributed by atoms with Gasteiger partial charge in [0, 0.05) is 18.4 Å². The number of aliphatic hydroxyl groups excluding tert-OH is 1. The number of carbonyl (C=O) groups is 3. The number of ketones is 2. The third-order valence-corrected chi connectivity index (χ3v) is 12.8. The van der Waals surface area contributed by atoms with E-state index in [1.165, 1.54) is 42.1 Å². The number of fused-ring (bicyclic) bond motifs is 5. The van der Waals surface area contributed by atoms with Crippen LogP contribution in [0.2, 0.25) is 0 Å². The van der Waals surface area contributed by atoms with Crippen molar-refractivity contribution in [2.24, 2.45) is 39.9 Å². The first kappa shape index (κ1) is 34.5. The molecule has 5 aliphatic carbocycles. The third kappa shape index (κ3) is 6.77. The maximum Gasteiger partial charge on any atom is 0.331 e. The molecule has 250 valence electrons. The van der Waals surface area contributed by atoms with Gasteiger partial charge in [-0.3, -0.25) is 9.59 Å². The van der Waals surface area contributed by atoms with Crippen LogP contribution in [0.4, 0.5) is 0 Å². The summed E-state index contributed by atoms with van der Waals surface area (Å²) < 4.78 is 5.47. The monoisotopic (exact) mass is 628 g/mol. The molecular formula is C41H56O5. The summed E-state index contributed by atoms with van der Waals surface area (Å²) >= 11 is 0. The first-order valence-electron chi connectivity index (χ1n) is 17.7. The molecule has 0 heterocycles. The average molecular weight is 629 g/mol. The Morgan fingerprint density at radius 1 is 1.00 bits per heavy atom. The summed E-state index contributed by atoms with van der Waals surface area (Å²) in [5.74, 6) is 0.284. The van der Waals surface area contributed by atoms with E-state index in [0.717, 1.165) is 43.3 Å². The molecule has 3 fully saturated rings. The van der Waals surface area contributed by atoms with Crippen molar-refractivity contribution in [3.8, 4) is 0 Å². The van der Waals surface area contributed by atoms with Crippen LogP contribution in [-0.2, 0) is 19.1 Å². The number of carbonyl (C=O) groups excluding carboxylic acids is 3. The zero-order chi connectivity index (χ0) is 33.4. The summed E-state index contributed by atoms with van der Waals surface area (Å²) in [5.41, 5.74) is 5.80. The second-order valence-corrected chi connectivity index (χ2v) is 16.3. The van der Waals surface area contributed by atoms with Crippen LogP contribution in [0, 0.1) is 39.9 Å². The first-order valence-corrected chi connectivity index (χ1v) is 17.7. The lowest BCUT2D eigenvalue weighted by atomic mass is 9.46. The molecule has 5 rings (SSSR count). The smallest absolute Gasteiger partial charge is 0.331 e. The molecule has 0 saturated heterocycles. The van der Waals surface area contributed by atoms with Gasteiger partial charge in [-0.15, -0.1) is 0 Å². The summed E-state index contributed by atoms with van der Waals surface area (Å²) in [6.07, 6.45) is 22.3. The van der Waals surface area contributed by atoms with Gasteiger partial charge in [0.2, 0.25) is 0 Å². The average Bonchev–Trinajstić information content (AvgIpc) is 3.32. The zero-order valence-electron chi connectivity index (χ0n) is 29.3. The summed E-state index contributed by atoms with van der Waals surface area (Å²) in [6, 6.07) is 0. The standard InChI is InChI=1S/C41H56O5/c1-26(13-16-32-28(3)12-9-20-39(32,4)5)10-8-11-27(2)22-37(45)46-25-36(44)34-18-17-33-31-15-14-29-23-30(42)19-21-40(29,6)38(31)35(43)24-41(33,34)7/h8,10-11,13,16,22-23,31,33-35,38,43H,9,12,14-15,17-21,24-25H2,1-7H3/b11-8+,16-13+,26-10+,27-22+/t31-,33-,34+,35-,38+,40-,41-/m0/s1. The molecule has 0 aromatic carbocycles. The highest BCUT2D eigenvalue weighted by Crippen LogP contribution is 2.66. The number of esters is 1. The Kier molecular flexibility index (Phi) is 10.0. The van der Waals surface area contributed by atoms with Gasteiger partial charge in [0.1, 0.15) is 0 Å². The van der Waals surface area contributed by atoms with E-state index in [0.29, 0.717) is 24.7 Å². The van der Waals surface area contributed by atoms with E-state index in [1.54, 1.807) is 0 Å². The van der Waals surface area contributed by atoms with Crippen molar-refractivity contribution < 1.29 is 24.2 Å². The van der Waals surface area contributed by atoms with Crippen LogP contribution < -0.4 is 0 Å². The van der Waals surface area contributed by atoms with Crippen molar-refractivity contribution in [1.29, 1.82) is 0 Å². The summed E-state index contributed by atoms with van der Waals surface area (Å²) in [7, 11) is 0. The molecule has 0 spiro atoms. The van der Waals surface area contributed by atoms with E-state index in [2.05, 4.69) is 53.7 Å². The van der Waals surface area contributed by atoms with Crippen LogP contribution in [0.1, 0.15) is 113 Å². The highest BCUT2D eigenvalue weighted by molar-refractivity contribution is 5.91. The number of allylic oxidation sites excluding steroid dienone is 10. The third-order valence-electron chi connectivity index (χ3n) is 12.8. The van der Waals surface area contributed by atoms with E-state index in [1.807, 2.05) is 31.2 Å². The topological polar surface area (TPSA) is 80.7 Å². The van der Waals surface area contributed by atoms with Gasteiger partial charge >= 0.3 is 5.97 Å².